The Morgan fingerprint density at radius 2 is 2.05 bits per heavy atom. The minimum absolute atomic E-state index is 0.0164. The van der Waals surface area contributed by atoms with Gasteiger partial charge in [0.15, 0.2) is 0 Å². The Kier molecular flexibility index (Phi) is 5.96. The van der Waals surface area contributed by atoms with Crippen molar-refractivity contribution in [1.29, 1.82) is 0 Å². The number of aromatic nitrogens is 1. The van der Waals surface area contributed by atoms with Crippen molar-refractivity contribution < 1.29 is 9.47 Å². The van der Waals surface area contributed by atoms with Crippen molar-refractivity contribution in [3.05, 3.63) is 36.0 Å². The molecular formula is C17H24N2O2. The maximum absolute atomic E-state index is 6.06. The van der Waals surface area contributed by atoms with E-state index in [9.17, 15) is 0 Å². The first-order chi connectivity index (χ1) is 10.2. The van der Waals surface area contributed by atoms with Crippen LogP contribution in [-0.2, 0) is 11.3 Å². The molecule has 1 heterocycles. The first-order valence-electron chi connectivity index (χ1n) is 7.58. The van der Waals surface area contributed by atoms with Gasteiger partial charge in [-0.3, -0.25) is 4.98 Å². The van der Waals surface area contributed by atoms with Gasteiger partial charge in [0.25, 0.3) is 0 Å². The largest absolute Gasteiger partial charge is 0.488 e. The van der Waals surface area contributed by atoms with Gasteiger partial charge in [-0.25, -0.2) is 0 Å². The highest BCUT2D eigenvalue weighted by Gasteiger charge is 2.10. The van der Waals surface area contributed by atoms with Crippen molar-refractivity contribution in [1.82, 2.24) is 10.3 Å². The van der Waals surface area contributed by atoms with E-state index in [1.165, 1.54) is 0 Å². The average Bonchev–Trinajstić information content (AvgIpc) is 2.51. The molecule has 0 aliphatic rings. The van der Waals surface area contributed by atoms with Gasteiger partial charge in [0.05, 0.1) is 17.8 Å². The molecule has 1 unspecified atom stereocenters. The summed E-state index contributed by atoms with van der Waals surface area (Å²) in [7, 11) is 0. The zero-order valence-corrected chi connectivity index (χ0v) is 13.1. The molecule has 0 aliphatic heterocycles. The van der Waals surface area contributed by atoms with E-state index >= 15 is 0 Å². The van der Waals surface area contributed by atoms with Crippen molar-refractivity contribution in [2.75, 3.05) is 19.8 Å². The summed E-state index contributed by atoms with van der Waals surface area (Å²) in [5.41, 5.74) is 1.96. The molecule has 1 atom stereocenters. The van der Waals surface area contributed by atoms with Crippen LogP contribution in [0.4, 0.5) is 0 Å². The number of fused-ring (bicyclic) bond motifs is 1. The molecule has 0 amide bonds. The minimum atomic E-state index is 0.0164. The van der Waals surface area contributed by atoms with E-state index < -0.39 is 0 Å². The number of nitrogens with zero attached hydrogens (tertiary/aromatic N) is 1. The van der Waals surface area contributed by atoms with E-state index in [0.717, 1.165) is 35.4 Å². The number of rotatable bonds is 8. The van der Waals surface area contributed by atoms with Crippen LogP contribution in [0.1, 0.15) is 26.5 Å². The molecule has 0 bridgehead atoms. The zero-order chi connectivity index (χ0) is 15.1. The molecule has 0 aliphatic carbocycles. The highest BCUT2D eigenvalue weighted by molar-refractivity contribution is 5.85. The van der Waals surface area contributed by atoms with Gasteiger partial charge in [0.2, 0.25) is 0 Å². The molecule has 0 saturated heterocycles. The summed E-state index contributed by atoms with van der Waals surface area (Å²) < 4.78 is 11.5. The van der Waals surface area contributed by atoms with Crippen LogP contribution in [0.25, 0.3) is 10.9 Å². The SMILES string of the molecule is CCNCc1cc(OC(C)COCC)c2ccccc2n1. The molecule has 0 saturated carbocycles. The van der Waals surface area contributed by atoms with Crippen LogP contribution in [0.2, 0.25) is 0 Å². The van der Waals surface area contributed by atoms with E-state index in [1.807, 2.05) is 44.2 Å². The number of nitrogens with one attached hydrogen (secondary N) is 1. The van der Waals surface area contributed by atoms with Crippen molar-refractivity contribution in [2.24, 2.45) is 0 Å². The van der Waals surface area contributed by atoms with Gasteiger partial charge < -0.3 is 14.8 Å². The number of ether oxygens (including phenoxy) is 2. The minimum Gasteiger partial charge on any atom is -0.488 e. The summed E-state index contributed by atoms with van der Waals surface area (Å²) in [5.74, 6) is 0.876. The van der Waals surface area contributed by atoms with Crippen molar-refractivity contribution in [3.8, 4) is 5.75 Å². The molecular weight excluding hydrogens is 264 g/mol. The van der Waals surface area contributed by atoms with Crippen molar-refractivity contribution >= 4 is 10.9 Å². The number of hydrogen-bond acceptors (Lipinski definition) is 4. The summed E-state index contributed by atoms with van der Waals surface area (Å²) in [6.45, 7) is 9.07. The number of para-hydroxylation sites is 1. The number of hydrogen-bond donors (Lipinski definition) is 1. The molecule has 114 valence electrons. The topological polar surface area (TPSA) is 43.4 Å². The lowest BCUT2D eigenvalue weighted by Crippen LogP contribution is -2.20. The van der Waals surface area contributed by atoms with E-state index in [0.29, 0.717) is 13.2 Å². The van der Waals surface area contributed by atoms with Crippen molar-refractivity contribution in [2.45, 2.75) is 33.4 Å². The molecule has 0 radical (unpaired) electrons. The number of pyridine rings is 1. The lowest BCUT2D eigenvalue weighted by atomic mass is 10.1. The lowest BCUT2D eigenvalue weighted by Gasteiger charge is -2.17. The van der Waals surface area contributed by atoms with Gasteiger partial charge in [-0.1, -0.05) is 19.1 Å². The number of benzene rings is 1. The Morgan fingerprint density at radius 3 is 2.81 bits per heavy atom. The smallest absolute Gasteiger partial charge is 0.131 e. The standard InChI is InChI=1S/C17H24N2O2/c1-4-18-11-14-10-17(21-13(3)12-20-5-2)15-8-6-7-9-16(15)19-14/h6-10,13,18H,4-5,11-12H2,1-3H3. The van der Waals surface area contributed by atoms with Gasteiger partial charge in [-0.05, 0) is 32.5 Å². The predicted octanol–water partition coefficient (Wildman–Crippen LogP) is 3.15. The van der Waals surface area contributed by atoms with Crippen LogP contribution in [0, 0.1) is 0 Å². The highest BCUT2D eigenvalue weighted by Crippen LogP contribution is 2.26. The highest BCUT2D eigenvalue weighted by atomic mass is 16.5. The van der Waals surface area contributed by atoms with Gasteiger partial charge in [0, 0.05) is 24.6 Å². The molecule has 1 aromatic carbocycles. The molecule has 2 aromatic rings. The van der Waals surface area contributed by atoms with E-state index in [2.05, 4.69) is 17.2 Å². The average molecular weight is 288 g/mol. The second-order valence-electron chi connectivity index (χ2n) is 5.00. The second kappa shape index (κ2) is 7.96. The molecule has 0 spiro atoms. The second-order valence-corrected chi connectivity index (χ2v) is 5.00. The molecule has 2 rings (SSSR count). The summed E-state index contributed by atoms with van der Waals surface area (Å²) in [6.07, 6.45) is 0.0164. The van der Waals surface area contributed by atoms with Crippen LogP contribution >= 0.6 is 0 Å². The molecule has 4 heteroatoms. The molecule has 21 heavy (non-hydrogen) atoms. The van der Waals surface area contributed by atoms with Gasteiger partial charge in [-0.2, -0.15) is 0 Å². The van der Waals surface area contributed by atoms with Crippen LogP contribution in [0.5, 0.6) is 5.75 Å². The maximum atomic E-state index is 6.06. The Bertz CT molecular complexity index is 572. The summed E-state index contributed by atoms with van der Waals surface area (Å²) >= 11 is 0. The van der Waals surface area contributed by atoms with Crippen LogP contribution in [0.3, 0.4) is 0 Å². The van der Waals surface area contributed by atoms with E-state index in [1.54, 1.807) is 0 Å². The summed E-state index contributed by atoms with van der Waals surface area (Å²) in [6, 6.07) is 10.1. The third kappa shape index (κ3) is 4.41. The Morgan fingerprint density at radius 1 is 1.24 bits per heavy atom. The molecule has 0 fully saturated rings. The van der Waals surface area contributed by atoms with E-state index in [4.69, 9.17) is 9.47 Å². The van der Waals surface area contributed by atoms with Gasteiger partial charge >= 0.3 is 0 Å². The molecule has 1 aromatic heterocycles. The Hall–Kier alpha value is -1.65. The Labute approximate surface area is 126 Å². The van der Waals surface area contributed by atoms with Crippen molar-refractivity contribution in [3.63, 3.8) is 0 Å². The third-order valence-corrected chi connectivity index (χ3v) is 3.17. The summed E-state index contributed by atoms with van der Waals surface area (Å²) in [5, 5.41) is 4.34. The molecule has 4 nitrogen and oxygen atoms in total. The summed E-state index contributed by atoms with van der Waals surface area (Å²) in [4.78, 5) is 4.67. The maximum Gasteiger partial charge on any atom is 0.131 e. The van der Waals surface area contributed by atoms with Gasteiger partial charge in [0.1, 0.15) is 11.9 Å². The zero-order valence-electron chi connectivity index (χ0n) is 13.1. The van der Waals surface area contributed by atoms with Gasteiger partial charge in [-0.15, -0.1) is 0 Å². The van der Waals surface area contributed by atoms with E-state index in [-0.39, 0.29) is 6.10 Å². The monoisotopic (exact) mass is 288 g/mol. The third-order valence-electron chi connectivity index (χ3n) is 3.17. The normalized spacial score (nSPS) is 12.5. The quantitative estimate of drug-likeness (QED) is 0.810. The van der Waals surface area contributed by atoms with Crippen LogP contribution in [-0.4, -0.2) is 30.8 Å². The van der Waals surface area contributed by atoms with Crippen LogP contribution < -0.4 is 10.1 Å². The fraction of sp³-hybridized carbons (Fsp3) is 0.471. The fourth-order valence-corrected chi connectivity index (χ4v) is 2.17. The predicted molar refractivity (Wildman–Crippen MR) is 85.7 cm³/mol. The lowest BCUT2D eigenvalue weighted by molar-refractivity contribution is 0.0664. The van der Waals surface area contributed by atoms with Crippen LogP contribution in [0.15, 0.2) is 30.3 Å². The molecule has 1 N–H and O–H groups in total. The first kappa shape index (κ1) is 15.7. The first-order valence-corrected chi connectivity index (χ1v) is 7.58. The fourth-order valence-electron chi connectivity index (χ4n) is 2.17. The Balaban J connectivity index is 2.26.